The summed E-state index contributed by atoms with van der Waals surface area (Å²) in [4.78, 5) is 14.8. The van der Waals surface area contributed by atoms with Crippen LogP contribution in [0.15, 0.2) is 17.5 Å². The lowest BCUT2D eigenvalue weighted by Gasteiger charge is -2.21. The average Bonchev–Trinajstić information content (AvgIpc) is 2.88. The second-order valence-corrected chi connectivity index (χ2v) is 8.23. The predicted octanol–water partition coefficient (Wildman–Crippen LogP) is 2.03. The molecule has 1 saturated heterocycles. The first-order valence-electron chi connectivity index (χ1n) is 7.35. The molecule has 1 aliphatic rings. The molecular weight excluding hydrogens is 308 g/mol. The summed E-state index contributed by atoms with van der Waals surface area (Å²) >= 11 is 1.43. The third kappa shape index (κ3) is 4.28. The van der Waals surface area contributed by atoms with Crippen molar-refractivity contribution in [2.24, 2.45) is 0 Å². The van der Waals surface area contributed by atoms with E-state index in [9.17, 15) is 13.2 Å². The van der Waals surface area contributed by atoms with Gasteiger partial charge in [-0.25, -0.2) is 12.7 Å². The van der Waals surface area contributed by atoms with Crippen molar-refractivity contribution in [3.63, 3.8) is 0 Å². The van der Waals surface area contributed by atoms with Crippen LogP contribution < -0.4 is 0 Å². The van der Waals surface area contributed by atoms with Gasteiger partial charge in [0.1, 0.15) is 0 Å². The van der Waals surface area contributed by atoms with Crippen molar-refractivity contribution in [1.29, 1.82) is 0 Å². The van der Waals surface area contributed by atoms with Gasteiger partial charge >= 0.3 is 0 Å². The largest absolute Gasteiger partial charge is 0.337 e. The third-order valence-electron chi connectivity index (χ3n) is 3.62. The molecule has 2 rings (SSSR count). The van der Waals surface area contributed by atoms with Gasteiger partial charge in [-0.1, -0.05) is 19.4 Å². The number of hydrogen-bond acceptors (Lipinski definition) is 4. The Kier molecular flexibility index (Phi) is 5.78. The lowest BCUT2D eigenvalue weighted by atomic mass is 10.3. The standard InChI is InChI=1S/C14H22N2O3S2/c1-2-3-12-21(18,19)16-8-5-7-15(9-10-16)14(17)13-6-4-11-20-13/h4,6,11H,2-3,5,7-10,12H2,1H3. The molecule has 0 N–H and O–H groups in total. The summed E-state index contributed by atoms with van der Waals surface area (Å²) in [5.74, 6) is 0.223. The van der Waals surface area contributed by atoms with Gasteiger partial charge < -0.3 is 4.90 Å². The lowest BCUT2D eigenvalue weighted by Crippen LogP contribution is -2.38. The van der Waals surface area contributed by atoms with Crippen molar-refractivity contribution in [3.8, 4) is 0 Å². The van der Waals surface area contributed by atoms with E-state index in [1.54, 1.807) is 9.21 Å². The highest BCUT2D eigenvalue weighted by atomic mass is 32.2. The van der Waals surface area contributed by atoms with Gasteiger partial charge in [0.25, 0.3) is 5.91 Å². The fraction of sp³-hybridized carbons (Fsp3) is 0.643. The molecular formula is C14H22N2O3S2. The summed E-state index contributed by atoms with van der Waals surface area (Å²) in [5, 5.41) is 1.88. The molecule has 21 heavy (non-hydrogen) atoms. The Morgan fingerprint density at radius 1 is 1.29 bits per heavy atom. The van der Waals surface area contributed by atoms with Gasteiger partial charge in [-0.2, -0.15) is 0 Å². The van der Waals surface area contributed by atoms with Crippen LogP contribution in [0.25, 0.3) is 0 Å². The van der Waals surface area contributed by atoms with E-state index in [1.165, 1.54) is 11.3 Å². The molecule has 0 aromatic carbocycles. The van der Waals surface area contributed by atoms with Gasteiger partial charge in [-0.3, -0.25) is 4.79 Å². The Balaban J connectivity index is 1.97. The van der Waals surface area contributed by atoms with Crippen LogP contribution >= 0.6 is 11.3 Å². The van der Waals surface area contributed by atoms with Crippen molar-refractivity contribution in [2.45, 2.75) is 26.2 Å². The zero-order valence-electron chi connectivity index (χ0n) is 12.3. The summed E-state index contributed by atoms with van der Waals surface area (Å²) in [7, 11) is -3.17. The quantitative estimate of drug-likeness (QED) is 0.830. The van der Waals surface area contributed by atoms with Crippen LogP contribution in [0.5, 0.6) is 0 Å². The van der Waals surface area contributed by atoms with Gasteiger partial charge in [-0.15, -0.1) is 11.3 Å². The van der Waals surface area contributed by atoms with Gasteiger partial charge in [0.05, 0.1) is 10.6 Å². The normalized spacial score (nSPS) is 17.7. The number of unbranched alkanes of at least 4 members (excludes halogenated alkanes) is 1. The molecule has 1 aliphatic heterocycles. The highest BCUT2D eigenvalue weighted by Crippen LogP contribution is 2.15. The predicted molar refractivity (Wildman–Crippen MR) is 85.1 cm³/mol. The van der Waals surface area contributed by atoms with Gasteiger partial charge in [0, 0.05) is 26.2 Å². The molecule has 0 unspecified atom stereocenters. The molecule has 2 heterocycles. The van der Waals surface area contributed by atoms with E-state index in [-0.39, 0.29) is 11.7 Å². The fourth-order valence-corrected chi connectivity index (χ4v) is 4.76. The van der Waals surface area contributed by atoms with E-state index in [0.29, 0.717) is 39.0 Å². The fourth-order valence-electron chi connectivity index (χ4n) is 2.39. The molecule has 0 atom stereocenters. The molecule has 0 spiro atoms. The summed E-state index contributed by atoms with van der Waals surface area (Å²) < 4.78 is 26.0. The van der Waals surface area contributed by atoms with Crippen molar-refractivity contribution in [3.05, 3.63) is 22.4 Å². The zero-order valence-corrected chi connectivity index (χ0v) is 14.0. The minimum atomic E-state index is -3.17. The molecule has 118 valence electrons. The Morgan fingerprint density at radius 2 is 2.10 bits per heavy atom. The highest BCUT2D eigenvalue weighted by Gasteiger charge is 2.26. The summed E-state index contributed by atoms with van der Waals surface area (Å²) in [6.45, 7) is 4.00. The molecule has 7 heteroatoms. The van der Waals surface area contributed by atoms with Crippen LogP contribution in [-0.4, -0.2) is 55.5 Å². The summed E-state index contributed by atoms with van der Waals surface area (Å²) in [6, 6.07) is 3.67. The first-order valence-corrected chi connectivity index (χ1v) is 9.84. The van der Waals surface area contributed by atoms with Crippen molar-refractivity contribution in [2.75, 3.05) is 31.9 Å². The smallest absolute Gasteiger partial charge is 0.263 e. The number of carbonyl (C=O) groups excluding carboxylic acids is 1. The van der Waals surface area contributed by atoms with Crippen LogP contribution in [0.4, 0.5) is 0 Å². The number of carbonyl (C=O) groups is 1. The van der Waals surface area contributed by atoms with Crippen molar-refractivity contribution < 1.29 is 13.2 Å². The average molecular weight is 330 g/mol. The van der Waals surface area contributed by atoms with Gasteiger partial charge in [0.2, 0.25) is 10.0 Å². The first kappa shape index (κ1) is 16.5. The van der Waals surface area contributed by atoms with E-state index >= 15 is 0 Å². The zero-order chi connectivity index (χ0) is 15.3. The lowest BCUT2D eigenvalue weighted by molar-refractivity contribution is 0.0769. The van der Waals surface area contributed by atoms with Gasteiger partial charge in [0.15, 0.2) is 0 Å². The number of amides is 1. The molecule has 0 aliphatic carbocycles. The molecule has 0 radical (unpaired) electrons. The Hall–Kier alpha value is -0.920. The molecule has 1 aromatic heterocycles. The second-order valence-electron chi connectivity index (χ2n) is 5.19. The van der Waals surface area contributed by atoms with Crippen LogP contribution in [0.1, 0.15) is 35.9 Å². The van der Waals surface area contributed by atoms with E-state index in [4.69, 9.17) is 0 Å². The SMILES string of the molecule is CCCCS(=O)(=O)N1CCCN(C(=O)c2cccs2)CC1. The van der Waals surface area contributed by atoms with E-state index in [0.717, 1.165) is 11.3 Å². The summed E-state index contributed by atoms with van der Waals surface area (Å²) in [6.07, 6.45) is 2.26. The molecule has 1 fully saturated rings. The Labute approximate surface area is 130 Å². The molecule has 1 amide bonds. The minimum absolute atomic E-state index is 0.0119. The molecule has 5 nitrogen and oxygen atoms in total. The van der Waals surface area contributed by atoms with E-state index in [2.05, 4.69) is 0 Å². The van der Waals surface area contributed by atoms with Crippen molar-refractivity contribution in [1.82, 2.24) is 9.21 Å². The first-order chi connectivity index (χ1) is 10.0. The van der Waals surface area contributed by atoms with Crippen LogP contribution in [0.3, 0.4) is 0 Å². The van der Waals surface area contributed by atoms with E-state index < -0.39 is 10.0 Å². The Bertz CT molecular complexity index is 555. The number of sulfonamides is 1. The maximum Gasteiger partial charge on any atom is 0.263 e. The van der Waals surface area contributed by atoms with Gasteiger partial charge in [-0.05, 0) is 24.3 Å². The summed E-state index contributed by atoms with van der Waals surface area (Å²) in [5.41, 5.74) is 0. The monoisotopic (exact) mass is 330 g/mol. The highest BCUT2D eigenvalue weighted by molar-refractivity contribution is 7.89. The maximum atomic E-state index is 12.3. The second kappa shape index (κ2) is 7.38. The molecule has 1 aromatic rings. The minimum Gasteiger partial charge on any atom is -0.337 e. The van der Waals surface area contributed by atoms with Crippen LogP contribution in [0, 0.1) is 0 Å². The maximum absolute atomic E-state index is 12.3. The number of thiophene rings is 1. The van der Waals surface area contributed by atoms with E-state index in [1.807, 2.05) is 24.4 Å². The third-order valence-corrected chi connectivity index (χ3v) is 6.44. The molecule has 0 saturated carbocycles. The molecule has 0 bridgehead atoms. The Morgan fingerprint density at radius 3 is 2.76 bits per heavy atom. The topological polar surface area (TPSA) is 57.7 Å². The van der Waals surface area contributed by atoms with Crippen molar-refractivity contribution >= 4 is 27.3 Å². The number of rotatable bonds is 5. The number of nitrogens with zero attached hydrogens (tertiary/aromatic N) is 2. The van der Waals surface area contributed by atoms with Crippen LogP contribution in [-0.2, 0) is 10.0 Å². The van der Waals surface area contributed by atoms with Crippen LogP contribution in [0.2, 0.25) is 0 Å². The number of hydrogen-bond donors (Lipinski definition) is 0.